The fourth-order valence-corrected chi connectivity index (χ4v) is 2.95. The summed E-state index contributed by atoms with van der Waals surface area (Å²) >= 11 is 0. The Bertz CT molecular complexity index is 624. The number of anilines is 2. The fraction of sp³-hybridized carbons (Fsp3) is 0.333. The van der Waals surface area contributed by atoms with Gasteiger partial charge < -0.3 is 9.80 Å². The topological polar surface area (TPSA) is 42.1 Å². The first-order valence-electron chi connectivity index (χ1n) is 8.11. The van der Waals surface area contributed by atoms with Gasteiger partial charge in [0.1, 0.15) is 26.2 Å². The van der Waals surface area contributed by atoms with Crippen LogP contribution >= 0.6 is 0 Å². The molecule has 0 spiro atoms. The summed E-state index contributed by atoms with van der Waals surface area (Å²) < 4.78 is 0. The Morgan fingerprint density at radius 2 is 1.83 bits per heavy atom. The lowest BCUT2D eigenvalue weighted by molar-refractivity contribution is -0.892. The maximum Gasteiger partial charge on any atom is 0.281 e. The zero-order valence-electron chi connectivity index (χ0n) is 13.5. The third-order valence-electron chi connectivity index (χ3n) is 4.42. The van der Waals surface area contributed by atoms with Gasteiger partial charge in [-0.25, -0.2) is 4.98 Å². The molecule has 3 rings (SSSR count). The summed E-state index contributed by atoms with van der Waals surface area (Å²) in [6, 6.07) is 16.0. The standard InChI is InChI=1S/C18H22N4O/c1-20(16-7-3-2-4-8-16)18(23)15-21-11-13-22(14-12-21)17-9-5-6-10-19-17/h2-10H,11-15H2,1H3/p+2. The van der Waals surface area contributed by atoms with Crippen LogP contribution in [0.15, 0.2) is 54.7 Å². The van der Waals surface area contributed by atoms with Gasteiger partial charge in [0, 0.05) is 18.8 Å². The number of carbonyl (C=O) groups excluding carboxylic acids is 1. The average molecular weight is 312 g/mol. The van der Waals surface area contributed by atoms with Crippen molar-refractivity contribution in [1.29, 1.82) is 0 Å². The molecule has 1 fully saturated rings. The van der Waals surface area contributed by atoms with E-state index in [0.717, 1.165) is 37.7 Å². The summed E-state index contributed by atoms with van der Waals surface area (Å²) in [5, 5.41) is 0. The zero-order chi connectivity index (χ0) is 16.1. The van der Waals surface area contributed by atoms with Gasteiger partial charge in [-0.2, -0.15) is 0 Å². The molecule has 0 atom stereocenters. The lowest BCUT2D eigenvalue weighted by Crippen LogP contribution is -3.16. The van der Waals surface area contributed by atoms with Crippen molar-refractivity contribution in [2.75, 3.05) is 49.6 Å². The van der Waals surface area contributed by atoms with Crippen molar-refractivity contribution in [3.05, 3.63) is 54.7 Å². The number of nitrogens with one attached hydrogen (secondary N) is 2. The van der Waals surface area contributed by atoms with E-state index in [2.05, 4.69) is 16.0 Å². The van der Waals surface area contributed by atoms with Gasteiger partial charge in [0.15, 0.2) is 6.54 Å². The van der Waals surface area contributed by atoms with Crippen LogP contribution in [0.4, 0.5) is 11.5 Å². The van der Waals surface area contributed by atoms with E-state index in [-0.39, 0.29) is 5.91 Å². The summed E-state index contributed by atoms with van der Waals surface area (Å²) in [7, 11) is 1.85. The van der Waals surface area contributed by atoms with Crippen molar-refractivity contribution >= 4 is 17.4 Å². The lowest BCUT2D eigenvalue weighted by atomic mass is 10.2. The van der Waals surface area contributed by atoms with Gasteiger partial charge in [-0.05, 0) is 18.2 Å². The molecular weight excluding hydrogens is 288 g/mol. The second kappa shape index (κ2) is 7.24. The van der Waals surface area contributed by atoms with Gasteiger partial charge in [-0.1, -0.05) is 24.3 Å². The van der Waals surface area contributed by atoms with Gasteiger partial charge >= 0.3 is 0 Å². The van der Waals surface area contributed by atoms with Crippen molar-refractivity contribution in [2.45, 2.75) is 0 Å². The first kappa shape index (κ1) is 15.5. The Kier molecular flexibility index (Phi) is 4.88. The molecule has 0 aliphatic carbocycles. The quantitative estimate of drug-likeness (QED) is 0.854. The first-order chi connectivity index (χ1) is 11.2. The maximum atomic E-state index is 12.4. The molecule has 120 valence electrons. The number of rotatable bonds is 4. The molecule has 1 saturated heterocycles. The second-order valence-electron chi connectivity index (χ2n) is 5.95. The molecule has 2 aromatic rings. The highest BCUT2D eigenvalue weighted by Crippen LogP contribution is 2.10. The molecule has 0 unspecified atom stereocenters. The number of quaternary nitrogens is 1. The van der Waals surface area contributed by atoms with Crippen LogP contribution in [0, 0.1) is 0 Å². The molecule has 0 bridgehead atoms. The molecule has 1 aromatic carbocycles. The smallest absolute Gasteiger partial charge is 0.281 e. The number of para-hydroxylation sites is 1. The van der Waals surface area contributed by atoms with Gasteiger partial charge in [-0.15, -0.1) is 0 Å². The summed E-state index contributed by atoms with van der Waals surface area (Å²) in [5.41, 5.74) is 0.953. The molecule has 2 N–H and O–H groups in total. The second-order valence-corrected chi connectivity index (χ2v) is 5.95. The molecule has 5 nitrogen and oxygen atoms in total. The van der Waals surface area contributed by atoms with Crippen LogP contribution in [0.3, 0.4) is 0 Å². The first-order valence-corrected chi connectivity index (χ1v) is 8.11. The van der Waals surface area contributed by atoms with Crippen LogP contribution in [-0.2, 0) is 4.79 Å². The molecule has 0 radical (unpaired) electrons. The summed E-state index contributed by atoms with van der Waals surface area (Å²) in [6.07, 6.45) is 1.95. The summed E-state index contributed by atoms with van der Waals surface area (Å²) in [6.45, 7) is 4.46. The van der Waals surface area contributed by atoms with E-state index < -0.39 is 0 Å². The average Bonchev–Trinajstić information content (AvgIpc) is 2.63. The third-order valence-corrected chi connectivity index (χ3v) is 4.42. The number of aromatic amines is 1. The third kappa shape index (κ3) is 3.87. The SMILES string of the molecule is CN(C(=O)C[NH+]1CCN(c2cccc[nH+]2)CC1)c1ccccc1. The predicted octanol–water partition coefficient (Wildman–Crippen LogP) is -0.131. The Balaban J connectivity index is 1.52. The Hall–Kier alpha value is -2.40. The highest BCUT2D eigenvalue weighted by Gasteiger charge is 2.28. The van der Waals surface area contributed by atoms with E-state index >= 15 is 0 Å². The molecule has 23 heavy (non-hydrogen) atoms. The van der Waals surface area contributed by atoms with Crippen LogP contribution in [0.25, 0.3) is 0 Å². The van der Waals surface area contributed by atoms with Crippen LogP contribution in [0.1, 0.15) is 0 Å². The largest absolute Gasteiger partial charge is 0.321 e. The monoisotopic (exact) mass is 312 g/mol. The van der Waals surface area contributed by atoms with E-state index in [1.165, 1.54) is 4.90 Å². The minimum atomic E-state index is 0.172. The molecule has 1 aliphatic rings. The van der Waals surface area contributed by atoms with Crippen molar-refractivity contribution in [2.24, 2.45) is 0 Å². The van der Waals surface area contributed by atoms with Crippen molar-refractivity contribution in [1.82, 2.24) is 0 Å². The van der Waals surface area contributed by atoms with Crippen LogP contribution in [0.2, 0.25) is 0 Å². The lowest BCUT2D eigenvalue weighted by Gasteiger charge is -2.29. The van der Waals surface area contributed by atoms with Crippen LogP contribution in [0.5, 0.6) is 0 Å². The van der Waals surface area contributed by atoms with Gasteiger partial charge in [0.25, 0.3) is 11.7 Å². The number of H-pyrrole nitrogens is 1. The number of benzene rings is 1. The molecule has 0 saturated carbocycles. The van der Waals surface area contributed by atoms with E-state index in [1.807, 2.05) is 55.7 Å². The molecule has 1 amide bonds. The molecular formula is C18H24N4O+2. The van der Waals surface area contributed by atoms with Gasteiger partial charge in [0.05, 0.1) is 6.20 Å². The number of hydrogen-bond acceptors (Lipinski definition) is 2. The number of carbonyl (C=O) groups is 1. The number of piperazine rings is 1. The molecule has 5 heteroatoms. The molecule has 1 aromatic heterocycles. The normalized spacial score (nSPS) is 15.4. The van der Waals surface area contributed by atoms with E-state index in [0.29, 0.717) is 6.54 Å². The Morgan fingerprint density at radius 3 is 2.48 bits per heavy atom. The number of aromatic nitrogens is 1. The number of nitrogens with zero attached hydrogens (tertiary/aromatic N) is 2. The van der Waals surface area contributed by atoms with Gasteiger partial charge in [0.2, 0.25) is 0 Å². The van der Waals surface area contributed by atoms with Crippen molar-refractivity contribution in [3.8, 4) is 0 Å². The summed E-state index contributed by atoms with van der Waals surface area (Å²) in [5.74, 6) is 1.32. The number of hydrogen-bond donors (Lipinski definition) is 1. The highest BCUT2D eigenvalue weighted by molar-refractivity contribution is 5.93. The van der Waals surface area contributed by atoms with Crippen LogP contribution in [-0.4, -0.2) is 45.7 Å². The van der Waals surface area contributed by atoms with Crippen molar-refractivity contribution < 1.29 is 14.7 Å². The van der Waals surface area contributed by atoms with E-state index in [9.17, 15) is 4.79 Å². The number of likely N-dealkylation sites (N-methyl/N-ethyl adjacent to an activating group) is 1. The fourth-order valence-electron chi connectivity index (χ4n) is 2.95. The number of pyridine rings is 1. The Labute approximate surface area is 137 Å². The van der Waals surface area contributed by atoms with E-state index in [4.69, 9.17) is 0 Å². The minimum Gasteiger partial charge on any atom is -0.321 e. The maximum absolute atomic E-state index is 12.4. The molecule has 2 heterocycles. The predicted molar refractivity (Wildman–Crippen MR) is 90.6 cm³/mol. The highest BCUT2D eigenvalue weighted by atomic mass is 16.2. The zero-order valence-corrected chi connectivity index (χ0v) is 13.5. The van der Waals surface area contributed by atoms with Crippen LogP contribution < -0.4 is 19.7 Å². The number of amides is 1. The van der Waals surface area contributed by atoms with E-state index in [1.54, 1.807) is 4.90 Å². The Morgan fingerprint density at radius 1 is 1.13 bits per heavy atom. The summed E-state index contributed by atoms with van der Waals surface area (Å²) in [4.78, 5) is 21.2. The van der Waals surface area contributed by atoms with Crippen molar-refractivity contribution in [3.63, 3.8) is 0 Å². The molecule has 1 aliphatic heterocycles. The van der Waals surface area contributed by atoms with Gasteiger partial charge in [-0.3, -0.25) is 9.69 Å². The minimum absolute atomic E-state index is 0.172.